The average molecular weight is 329 g/mol. The second-order valence-electron chi connectivity index (χ2n) is 6.36. The molecule has 3 heterocycles. The molecular formula is C17H23N5O2. The fourth-order valence-electron chi connectivity index (χ4n) is 3.04. The van der Waals surface area contributed by atoms with Gasteiger partial charge in [-0.15, -0.1) is 0 Å². The SMILES string of the molecule is COCc1nn(C(C)C)c2c1CCN(C(=O)c1cnc(C)cn1)C2. The van der Waals surface area contributed by atoms with Gasteiger partial charge in [-0.2, -0.15) is 5.10 Å². The van der Waals surface area contributed by atoms with Gasteiger partial charge in [-0.1, -0.05) is 0 Å². The van der Waals surface area contributed by atoms with Crippen LogP contribution < -0.4 is 0 Å². The van der Waals surface area contributed by atoms with Crippen molar-refractivity contribution in [2.45, 2.75) is 46.4 Å². The minimum absolute atomic E-state index is 0.0852. The van der Waals surface area contributed by atoms with Crippen LogP contribution in [-0.4, -0.2) is 44.2 Å². The summed E-state index contributed by atoms with van der Waals surface area (Å²) in [5, 5.41) is 4.68. The number of nitrogens with zero attached hydrogens (tertiary/aromatic N) is 5. The highest BCUT2D eigenvalue weighted by Gasteiger charge is 2.29. The third kappa shape index (κ3) is 3.03. The number of hydrogen-bond donors (Lipinski definition) is 0. The number of carbonyl (C=O) groups is 1. The Morgan fingerprint density at radius 1 is 1.33 bits per heavy atom. The smallest absolute Gasteiger partial charge is 0.274 e. The first kappa shape index (κ1) is 16.6. The number of hydrogen-bond acceptors (Lipinski definition) is 5. The van der Waals surface area contributed by atoms with Crippen LogP contribution in [0.3, 0.4) is 0 Å². The molecule has 0 bridgehead atoms. The lowest BCUT2D eigenvalue weighted by molar-refractivity contribution is 0.0722. The van der Waals surface area contributed by atoms with Crippen molar-refractivity contribution in [3.63, 3.8) is 0 Å². The van der Waals surface area contributed by atoms with E-state index >= 15 is 0 Å². The van der Waals surface area contributed by atoms with Gasteiger partial charge in [0, 0.05) is 31.5 Å². The first-order valence-electron chi connectivity index (χ1n) is 8.17. The molecule has 0 unspecified atom stereocenters. The van der Waals surface area contributed by atoms with Crippen molar-refractivity contribution >= 4 is 5.91 Å². The van der Waals surface area contributed by atoms with Crippen LogP contribution in [0.5, 0.6) is 0 Å². The quantitative estimate of drug-likeness (QED) is 0.857. The lowest BCUT2D eigenvalue weighted by atomic mass is 10.0. The lowest BCUT2D eigenvalue weighted by Gasteiger charge is -2.28. The Kier molecular flexibility index (Phi) is 4.62. The summed E-state index contributed by atoms with van der Waals surface area (Å²) in [6.45, 7) is 7.74. The molecule has 24 heavy (non-hydrogen) atoms. The summed E-state index contributed by atoms with van der Waals surface area (Å²) in [4.78, 5) is 22.9. The van der Waals surface area contributed by atoms with Crippen molar-refractivity contribution in [1.82, 2.24) is 24.6 Å². The van der Waals surface area contributed by atoms with E-state index in [1.807, 2.05) is 16.5 Å². The number of aromatic nitrogens is 4. The Balaban J connectivity index is 1.88. The van der Waals surface area contributed by atoms with Crippen LogP contribution in [0.25, 0.3) is 0 Å². The zero-order chi connectivity index (χ0) is 17.3. The summed E-state index contributed by atoms with van der Waals surface area (Å²) >= 11 is 0. The third-order valence-corrected chi connectivity index (χ3v) is 4.23. The molecule has 1 aliphatic heterocycles. The Morgan fingerprint density at radius 3 is 2.75 bits per heavy atom. The van der Waals surface area contributed by atoms with Crippen molar-refractivity contribution in [2.75, 3.05) is 13.7 Å². The van der Waals surface area contributed by atoms with Gasteiger partial charge in [0.2, 0.25) is 0 Å². The fraction of sp³-hybridized carbons (Fsp3) is 0.529. The summed E-state index contributed by atoms with van der Waals surface area (Å²) in [7, 11) is 1.68. The number of rotatable bonds is 4. The number of carbonyl (C=O) groups excluding carboxylic acids is 1. The predicted molar refractivity (Wildman–Crippen MR) is 88.5 cm³/mol. The van der Waals surface area contributed by atoms with Crippen molar-refractivity contribution in [3.8, 4) is 0 Å². The van der Waals surface area contributed by atoms with Gasteiger partial charge in [0.1, 0.15) is 5.69 Å². The highest BCUT2D eigenvalue weighted by atomic mass is 16.5. The lowest BCUT2D eigenvalue weighted by Crippen LogP contribution is -2.37. The van der Waals surface area contributed by atoms with E-state index in [0.717, 1.165) is 23.5 Å². The number of fused-ring (bicyclic) bond motifs is 1. The fourth-order valence-corrected chi connectivity index (χ4v) is 3.04. The van der Waals surface area contributed by atoms with Crippen LogP contribution in [-0.2, 0) is 24.3 Å². The molecule has 1 aliphatic rings. The van der Waals surface area contributed by atoms with Crippen molar-refractivity contribution in [3.05, 3.63) is 40.7 Å². The molecule has 0 fully saturated rings. The van der Waals surface area contributed by atoms with E-state index in [-0.39, 0.29) is 11.9 Å². The third-order valence-electron chi connectivity index (χ3n) is 4.23. The maximum absolute atomic E-state index is 12.7. The minimum atomic E-state index is -0.0852. The maximum atomic E-state index is 12.7. The van der Waals surface area contributed by atoms with E-state index in [1.165, 1.54) is 5.56 Å². The van der Waals surface area contributed by atoms with Gasteiger partial charge >= 0.3 is 0 Å². The van der Waals surface area contributed by atoms with E-state index in [0.29, 0.717) is 25.4 Å². The summed E-state index contributed by atoms with van der Waals surface area (Å²) in [5.74, 6) is -0.0852. The van der Waals surface area contributed by atoms with Gasteiger partial charge in [-0.3, -0.25) is 14.5 Å². The topological polar surface area (TPSA) is 73.1 Å². The van der Waals surface area contributed by atoms with E-state index in [1.54, 1.807) is 19.5 Å². The van der Waals surface area contributed by atoms with Crippen LogP contribution in [0.2, 0.25) is 0 Å². The zero-order valence-corrected chi connectivity index (χ0v) is 14.6. The van der Waals surface area contributed by atoms with Crippen LogP contribution in [0, 0.1) is 6.92 Å². The monoisotopic (exact) mass is 329 g/mol. The van der Waals surface area contributed by atoms with E-state index in [4.69, 9.17) is 4.74 Å². The standard InChI is InChI=1S/C17H23N5O2/c1-11(2)22-16-9-21(6-5-13(16)15(20-22)10-24-4)17(23)14-8-18-12(3)7-19-14/h7-8,11H,5-6,9-10H2,1-4H3. The molecular weight excluding hydrogens is 306 g/mol. The van der Waals surface area contributed by atoms with Crippen molar-refractivity contribution in [1.29, 1.82) is 0 Å². The first-order chi connectivity index (χ1) is 11.5. The number of aryl methyl sites for hydroxylation is 1. The Bertz CT molecular complexity index is 736. The molecule has 2 aromatic heterocycles. The zero-order valence-electron chi connectivity index (χ0n) is 14.6. The highest BCUT2D eigenvalue weighted by Crippen LogP contribution is 2.26. The second kappa shape index (κ2) is 6.68. The number of amides is 1. The molecule has 7 heteroatoms. The summed E-state index contributed by atoms with van der Waals surface area (Å²) in [5.41, 5.74) is 4.47. The summed E-state index contributed by atoms with van der Waals surface area (Å²) in [6.07, 6.45) is 3.95. The van der Waals surface area contributed by atoms with Gasteiger partial charge in [0.05, 0.1) is 36.4 Å². The molecule has 7 nitrogen and oxygen atoms in total. The first-order valence-corrected chi connectivity index (χ1v) is 8.17. The molecule has 1 amide bonds. The summed E-state index contributed by atoms with van der Waals surface area (Å²) in [6, 6.07) is 0.235. The minimum Gasteiger partial charge on any atom is -0.378 e. The second-order valence-corrected chi connectivity index (χ2v) is 6.36. The maximum Gasteiger partial charge on any atom is 0.274 e. The van der Waals surface area contributed by atoms with Gasteiger partial charge in [-0.25, -0.2) is 4.98 Å². The molecule has 128 valence electrons. The normalized spacial score (nSPS) is 14.1. The van der Waals surface area contributed by atoms with Gasteiger partial charge < -0.3 is 9.64 Å². The molecule has 0 N–H and O–H groups in total. The van der Waals surface area contributed by atoms with Crippen LogP contribution in [0.1, 0.15) is 53.0 Å². The van der Waals surface area contributed by atoms with E-state index in [2.05, 4.69) is 28.9 Å². The average Bonchev–Trinajstić information content (AvgIpc) is 2.93. The predicted octanol–water partition coefficient (Wildman–Crippen LogP) is 1.91. The van der Waals surface area contributed by atoms with Gasteiger partial charge in [0.15, 0.2) is 0 Å². The van der Waals surface area contributed by atoms with Crippen LogP contribution >= 0.6 is 0 Å². The number of ether oxygens (including phenoxy) is 1. The van der Waals surface area contributed by atoms with Gasteiger partial charge in [0.25, 0.3) is 5.91 Å². The van der Waals surface area contributed by atoms with Crippen molar-refractivity contribution in [2.24, 2.45) is 0 Å². The molecule has 2 aromatic rings. The van der Waals surface area contributed by atoms with E-state index < -0.39 is 0 Å². The van der Waals surface area contributed by atoms with Crippen LogP contribution in [0.4, 0.5) is 0 Å². The molecule has 0 saturated heterocycles. The molecule has 0 spiro atoms. The number of methoxy groups -OCH3 is 1. The molecule has 0 aromatic carbocycles. The van der Waals surface area contributed by atoms with Crippen molar-refractivity contribution < 1.29 is 9.53 Å². The summed E-state index contributed by atoms with van der Waals surface area (Å²) < 4.78 is 7.27. The molecule has 0 atom stereocenters. The Morgan fingerprint density at radius 2 is 2.12 bits per heavy atom. The highest BCUT2D eigenvalue weighted by molar-refractivity contribution is 5.92. The van der Waals surface area contributed by atoms with E-state index in [9.17, 15) is 4.79 Å². The molecule has 0 radical (unpaired) electrons. The molecule has 0 saturated carbocycles. The molecule has 3 rings (SSSR count). The van der Waals surface area contributed by atoms with Crippen LogP contribution in [0.15, 0.2) is 12.4 Å². The molecule has 0 aliphatic carbocycles. The van der Waals surface area contributed by atoms with Gasteiger partial charge in [-0.05, 0) is 27.2 Å². The Hall–Kier alpha value is -2.28. The largest absolute Gasteiger partial charge is 0.378 e. The Labute approximate surface area is 141 Å².